The van der Waals surface area contributed by atoms with Crippen molar-refractivity contribution in [2.24, 2.45) is 0 Å². The first-order chi connectivity index (χ1) is 11.7. The molecule has 1 aliphatic rings. The molecule has 1 saturated heterocycles. The van der Waals surface area contributed by atoms with Gasteiger partial charge in [-0.05, 0) is 36.8 Å². The van der Waals surface area contributed by atoms with E-state index in [4.69, 9.17) is 4.74 Å². The van der Waals surface area contributed by atoms with E-state index in [0.717, 1.165) is 37.5 Å². The third-order valence-corrected chi connectivity index (χ3v) is 4.55. The van der Waals surface area contributed by atoms with Crippen molar-refractivity contribution in [3.8, 4) is 5.75 Å². The highest BCUT2D eigenvalue weighted by Crippen LogP contribution is 2.18. The Balaban J connectivity index is 1.53. The number of hydrogen-bond acceptors (Lipinski definition) is 3. The molecule has 0 unspecified atom stereocenters. The Labute approximate surface area is 143 Å². The minimum atomic E-state index is 0.198. The van der Waals surface area contributed by atoms with Crippen LogP contribution in [0.15, 0.2) is 48.5 Å². The number of ether oxygens (including phenoxy) is 1. The molecule has 1 amide bonds. The van der Waals surface area contributed by atoms with E-state index in [9.17, 15) is 4.79 Å². The second-order valence-electron chi connectivity index (χ2n) is 6.23. The SMILES string of the molecule is COc1ccc(CC(=O)N2CCN(c3ccc(C)cc3)CC2)cc1. The van der Waals surface area contributed by atoms with E-state index in [2.05, 4.69) is 36.1 Å². The summed E-state index contributed by atoms with van der Waals surface area (Å²) < 4.78 is 5.15. The number of hydrogen-bond donors (Lipinski definition) is 0. The predicted octanol–water partition coefficient (Wildman–Crippen LogP) is 2.89. The standard InChI is InChI=1S/C20H24N2O2/c1-16-3-7-18(8-4-16)21-11-13-22(14-12-21)20(23)15-17-5-9-19(24-2)10-6-17/h3-10H,11-15H2,1-2H3. The topological polar surface area (TPSA) is 32.8 Å². The van der Waals surface area contributed by atoms with Crippen LogP contribution < -0.4 is 9.64 Å². The molecule has 0 bridgehead atoms. The van der Waals surface area contributed by atoms with Gasteiger partial charge in [0.15, 0.2) is 0 Å². The van der Waals surface area contributed by atoms with Crippen molar-refractivity contribution in [3.05, 3.63) is 59.7 Å². The Kier molecular flexibility index (Phi) is 5.04. The van der Waals surface area contributed by atoms with Gasteiger partial charge in [0.2, 0.25) is 5.91 Å². The van der Waals surface area contributed by atoms with Crippen LogP contribution >= 0.6 is 0 Å². The molecule has 1 fully saturated rings. The maximum atomic E-state index is 12.5. The highest BCUT2D eigenvalue weighted by molar-refractivity contribution is 5.79. The first kappa shape index (κ1) is 16.4. The summed E-state index contributed by atoms with van der Waals surface area (Å²) in [5, 5.41) is 0. The Morgan fingerprint density at radius 3 is 2.17 bits per heavy atom. The van der Waals surface area contributed by atoms with Crippen LogP contribution in [0.5, 0.6) is 5.75 Å². The van der Waals surface area contributed by atoms with Gasteiger partial charge in [-0.2, -0.15) is 0 Å². The number of anilines is 1. The van der Waals surface area contributed by atoms with Gasteiger partial charge in [0.1, 0.15) is 5.75 Å². The third kappa shape index (κ3) is 3.88. The van der Waals surface area contributed by atoms with Crippen LogP contribution in [0.2, 0.25) is 0 Å². The maximum Gasteiger partial charge on any atom is 0.227 e. The van der Waals surface area contributed by atoms with Crippen molar-refractivity contribution in [1.82, 2.24) is 4.90 Å². The number of piperazine rings is 1. The highest BCUT2D eigenvalue weighted by Gasteiger charge is 2.21. The average molecular weight is 324 g/mol. The first-order valence-electron chi connectivity index (χ1n) is 8.38. The number of carbonyl (C=O) groups is 1. The summed E-state index contributed by atoms with van der Waals surface area (Å²) in [5.74, 6) is 1.02. The maximum absolute atomic E-state index is 12.5. The summed E-state index contributed by atoms with van der Waals surface area (Å²) in [6.45, 7) is 5.43. The average Bonchev–Trinajstić information content (AvgIpc) is 2.63. The van der Waals surface area contributed by atoms with E-state index < -0.39 is 0 Å². The molecule has 24 heavy (non-hydrogen) atoms. The molecular formula is C20H24N2O2. The van der Waals surface area contributed by atoms with Gasteiger partial charge in [-0.1, -0.05) is 29.8 Å². The molecule has 1 aliphatic heterocycles. The van der Waals surface area contributed by atoms with E-state index in [1.54, 1.807) is 7.11 Å². The molecule has 126 valence electrons. The number of carbonyl (C=O) groups excluding carboxylic acids is 1. The van der Waals surface area contributed by atoms with E-state index in [1.165, 1.54) is 11.3 Å². The summed E-state index contributed by atoms with van der Waals surface area (Å²) >= 11 is 0. The van der Waals surface area contributed by atoms with Gasteiger partial charge in [-0.25, -0.2) is 0 Å². The largest absolute Gasteiger partial charge is 0.497 e. The molecule has 0 N–H and O–H groups in total. The third-order valence-electron chi connectivity index (χ3n) is 4.55. The molecule has 3 rings (SSSR count). The fourth-order valence-electron chi connectivity index (χ4n) is 3.00. The lowest BCUT2D eigenvalue weighted by atomic mass is 10.1. The molecule has 0 aromatic heterocycles. The Hall–Kier alpha value is -2.49. The quantitative estimate of drug-likeness (QED) is 0.867. The van der Waals surface area contributed by atoms with E-state index in [0.29, 0.717) is 6.42 Å². The molecule has 0 atom stereocenters. The molecule has 0 aliphatic carbocycles. The van der Waals surface area contributed by atoms with Gasteiger partial charge >= 0.3 is 0 Å². The normalized spacial score (nSPS) is 14.6. The van der Waals surface area contributed by atoms with Gasteiger partial charge < -0.3 is 14.5 Å². The van der Waals surface area contributed by atoms with Gasteiger partial charge in [-0.3, -0.25) is 4.79 Å². The first-order valence-corrected chi connectivity index (χ1v) is 8.38. The summed E-state index contributed by atoms with van der Waals surface area (Å²) in [6, 6.07) is 16.3. The van der Waals surface area contributed by atoms with Crippen LogP contribution in [-0.4, -0.2) is 44.1 Å². The molecule has 2 aromatic carbocycles. The van der Waals surface area contributed by atoms with E-state index >= 15 is 0 Å². The van der Waals surface area contributed by atoms with Crippen molar-refractivity contribution in [2.75, 3.05) is 38.2 Å². The summed E-state index contributed by atoms with van der Waals surface area (Å²) in [5.41, 5.74) is 3.54. The number of methoxy groups -OCH3 is 1. The summed E-state index contributed by atoms with van der Waals surface area (Å²) in [4.78, 5) is 16.8. The fourth-order valence-corrected chi connectivity index (χ4v) is 3.00. The molecule has 1 heterocycles. The lowest BCUT2D eigenvalue weighted by molar-refractivity contribution is -0.130. The predicted molar refractivity (Wildman–Crippen MR) is 96.7 cm³/mol. The number of benzene rings is 2. The van der Waals surface area contributed by atoms with Crippen molar-refractivity contribution in [3.63, 3.8) is 0 Å². The van der Waals surface area contributed by atoms with Crippen LogP contribution in [0.1, 0.15) is 11.1 Å². The number of nitrogens with zero attached hydrogens (tertiary/aromatic N) is 2. The molecule has 2 aromatic rings. The number of rotatable bonds is 4. The Morgan fingerprint density at radius 2 is 1.58 bits per heavy atom. The van der Waals surface area contributed by atoms with Gasteiger partial charge in [-0.15, -0.1) is 0 Å². The van der Waals surface area contributed by atoms with Crippen LogP contribution in [-0.2, 0) is 11.2 Å². The monoisotopic (exact) mass is 324 g/mol. The van der Waals surface area contributed by atoms with Crippen LogP contribution in [0.3, 0.4) is 0 Å². The van der Waals surface area contributed by atoms with Crippen molar-refractivity contribution >= 4 is 11.6 Å². The van der Waals surface area contributed by atoms with E-state index in [-0.39, 0.29) is 5.91 Å². The molecule has 4 nitrogen and oxygen atoms in total. The zero-order valence-electron chi connectivity index (χ0n) is 14.4. The second-order valence-corrected chi connectivity index (χ2v) is 6.23. The zero-order valence-corrected chi connectivity index (χ0v) is 14.4. The van der Waals surface area contributed by atoms with Gasteiger partial charge in [0.05, 0.1) is 13.5 Å². The summed E-state index contributed by atoms with van der Waals surface area (Å²) in [6.07, 6.45) is 0.453. The molecule has 0 saturated carbocycles. The minimum absolute atomic E-state index is 0.198. The lowest BCUT2D eigenvalue weighted by Crippen LogP contribution is -2.49. The summed E-state index contributed by atoms with van der Waals surface area (Å²) in [7, 11) is 1.65. The Bertz CT molecular complexity index is 672. The van der Waals surface area contributed by atoms with Crippen LogP contribution in [0.4, 0.5) is 5.69 Å². The van der Waals surface area contributed by atoms with E-state index in [1.807, 2.05) is 29.2 Å². The van der Waals surface area contributed by atoms with Crippen molar-refractivity contribution in [1.29, 1.82) is 0 Å². The molecular weight excluding hydrogens is 300 g/mol. The van der Waals surface area contributed by atoms with Crippen molar-refractivity contribution < 1.29 is 9.53 Å². The fraction of sp³-hybridized carbons (Fsp3) is 0.350. The van der Waals surface area contributed by atoms with Crippen LogP contribution in [0, 0.1) is 6.92 Å². The van der Waals surface area contributed by atoms with Gasteiger partial charge in [0.25, 0.3) is 0 Å². The van der Waals surface area contributed by atoms with Gasteiger partial charge in [0, 0.05) is 31.9 Å². The lowest BCUT2D eigenvalue weighted by Gasteiger charge is -2.36. The van der Waals surface area contributed by atoms with Crippen LogP contribution in [0.25, 0.3) is 0 Å². The highest BCUT2D eigenvalue weighted by atomic mass is 16.5. The smallest absolute Gasteiger partial charge is 0.227 e. The molecule has 0 spiro atoms. The number of amides is 1. The number of aryl methyl sites for hydroxylation is 1. The second kappa shape index (κ2) is 7.39. The minimum Gasteiger partial charge on any atom is -0.497 e. The molecule has 0 radical (unpaired) electrons. The molecule has 4 heteroatoms. The zero-order chi connectivity index (χ0) is 16.9. The Morgan fingerprint density at radius 1 is 0.958 bits per heavy atom. The van der Waals surface area contributed by atoms with Crippen molar-refractivity contribution in [2.45, 2.75) is 13.3 Å².